The number of likely N-dealkylation sites (N-methyl/N-ethyl adjacent to an activating group) is 1. The first kappa shape index (κ1) is 16.9. The van der Waals surface area contributed by atoms with Crippen molar-refractivity contribution >= 4 is 15.7 Å². The first-order chi connectivity index (χ1) is 9.43. The molecule has 1 rings (SSSR count). The Morgan fingerprint density at radius 1 is 1.25 bits per heavy atom. The predicted octanol–water partition coefficient (Wildman–Crippen LogP) is 1.09. The van der Waals surface area contributed by atoms with Crippen molar-refractivity contribution in [3.63, 3.8) is 0 Å². The van der Waals surface area contributed by atoms with Crippen LogP contribution in [0.3, 0.4) is 0 Å². The summed E-state index contributed by atoms with van der Waals surface area (Å²) in [7, 11) is 1.98. The highest BCUT2D eigenvalue weighted by Gasteiger charge is 2.27. The Balaban J connectivity index is 3.09. The average Bonchev–Trinajstić information content (AvgIpc) is 2.42. The number of aromatic nitrogens is 1. The second-order valence-corrected chi connectivity index (χ2v) is 6.67. The molecule has 0 bridgehead atoms. The highest BCUT2D eigenvalue weighted by atomic mass is 32.2. The molecule has 0 aliphatic rings. The molecule has 1 aromatic heterocycles. The number of sulfonamides is 1. The predicted molar refractivity (Wildman–Crippen MR) is 81.4 cm³/mol. The Kier molecular flexibility index (Phi) is 6.38. The molecule has 0 amide bonds. The molecule has 0 aliphatic carbocycles. The quantitative estimate of drug-likeness (QED) is 0.778. The van der Waals surface area contributed by atoms with Gasteiger partial charge in [-0.05, 0) is 32.6 Å². The van der Waals surface area contributed by atoms with Gasteiger partial charge in [-0.1, -0.05) is 6.92 Å². The van der Waals surface area contributed by atoms with E-state index in [4.69, 9.17) is 0 Å². The SMILES string of the molecule is CCCN(CCN(C)C)S(=O)(=O)c1ncccc1NC. The van der Waals surface area contributed by atoms with Gasteiger partial charge in [0, 0.05) is 32.9 Å². The number of nitrogens with zero attached hydrogens (tertiary/aromatic N) is 3. The van der Waals surface area contributed by atoms with E-state index in [2.05, 4.69) is 10.3 Å². The second kappa shape index (κ2) is 7.56. The summed E-state index contributed by atoms with van der Waals surface area (Å²) < 4.78 is 26.9. The van der Waals surface area contributed by atoms with Gasteiger partial charge in [0.05, 0.1) is 5.69 Å². The van der Waals surface area contributed by atoms with E-state index in [9.17, 15) is 8.42 Å². The van der Waals surface area contributed by atoms with Crippen LogP contribution < -0.4 is 5.32 Å². The summed E-state index contributed by atoms with van der Waals surface area (Å²) in [5.74, 6) is 0. The topological polar surface area (TPSA) is 65.5 Å². The van der Waals surface area contributed by atoms with Gasteiger partial charge in [-0.25, -0.2) is 13.4 Å². The summed E-state index contributed by atoms with van der Waals surface area (Å²) >= 11 is 0. The van der Waals surface area contributed by atoms with Gasteiger partial charge in [-0.15, -0.1) is 0 Å². The number of anilines is 1. The van der Waals surface area contributed by atoms with Crippen LogP contribution in [-0.2, 0) is 10.0 Å². The molecule has 0 unspecified atom stereocenters. The largest absolute Gasteiger partial charge is 0.386 e. The van der Waals surface area contributed by atoms with Crippen LogP contribution in [0.4, 0.5) is 5.69 Å². The summed E-state index contributed by atoms with van der Waals surface area (Å²) in [5, 5.41) is 2.98. The van der Waals surface area contributed by atoms with E-state index in [1.54, 1.807) is 19.2 Å². The zero-order chi connectivity index (χ0) is 15.2. The number of pyridine rings is 1. The molecule has 0 saturated heterocycles. The molecular weight excluding hydrogens is 276 g/mol. The Bertz CT molecular complexity index is 517. The monoisotopic (exact) mass is 300 g/mol. The first-order valence-corrected chi connectivity index (χ1v) is 8.15. The van der Waals surface area contributed by atoms with Crippen molar-refractivity contribution in [1.29, 1.82) is 0 Å². The maximum atomic E-state index is 12.7. The van der Waals surface area contributed by atoms with E-state index in [-0.39, 0.29) is 5.03 Å². The fourth-order valence-electron chi connectivity index (χ4n) is 1.82. The third kappa shape index (κ3) is 4.16. The van der Waals surface area contributed by atoms with Crippen molar-refractivity contribution in [1.82, 2.24) is 14.2 Å². The lowest BCUT2D eigenvalue weighted by Crippen LogP contribution is -2.37. The van der Waals surface area contributed by atoms with E-state index in [1.807, 2.05) is 25.9 Å². The van der Waals surface area contributed by atoms with Gasteiger partial charge < -0.3 is 10.2 Å². The Hall–Kier alpha value is -1.18. The van der Waals surface area contributed by atoms with Crippen LogP contribution in [0.2, 0.25) is 0 Å². The average molecular weight is 300 g/mol. The van der Waals surface area contributed by atoms with E-state index < -0.39 is 10.0 Å². The molecule has 1 heterocycles. The molecular formula is C13H24N4O2S. The van der Waals surface area contributed by atoms with E-state index >= 15 is 0 Å². The van der Waals surface area contributed by atoms with Crippen LogP contribution in [0.1, 0.15) is 13.3 Å². The molecule has 0 fully saturated rings. The zero-order valence-corrected chi connectivity index (χ0v) is 13.4. The lowest BCUT2D eigenvalue weighted by molar-refractivity contribution is 0.332. The van der Waals surface area contributed by atoms with Crippen molar-refractivity contribution in [2.75, 3.05) is 46.1 Å². The van der Waals surface area contributed by atoms with Gasteiger partial charge in [-0.2, -0.15) is 4.31 Å². The van der Waals surface area contributed by atoms with Crippen LogP contribution in [-0.4, -0.2) is 63.4 Å². The minimum atomic E-state index is -3.57. The maximum absolute atomic E-state index is 12.7. The fourth-order valence-corrected chi connectivity index (χ4v) is 3.45. The first-order valence-electron chi connectivity index (χ1n) is 6.71. The van der Waals surface area contributed by atoms with Gasteiger partial charge in [0.25, 0.3) is 10.0 Å². The third-order valence-electron chi connectivity index (χ3n) is 2.89. The highest BCUT2D eigenvalue weighted by Crippen LogP contribution is 2.21. The Morgan fingerprint density at radius 2 is 1.95 bits per heavy atom. The smallest absolute Gasteiger partial charge is 0.262 e. The minimum absolute atomic E-state index is 0.0923. The zero-order valence-electron chi connectivity index (χ0n) is 12.6. The lowest BCUT2D eigenvalue weighted by atomic mass is 10.4. The summed E-state index contributed by atoms with van der Waals surface area (Å²) in [6.07, 6.45) is 2.28. The summed E-state index contributed by atoms with van der Waals surface area (Å²) in [6, 6.07) is 3.44. The minimum Gasteiger partial charge on any atom is -0.386 e. The van der Waals surface area contributed by atoms with Crippen molar-refractivity contribution in [2.24, 2.45) is 0 Å². The highest BCUT2D eigenvalue weighted by molar-refractivity contribution is 7.89. The molecule has 0 aliphatic heterocycles. The normalized spacial score (nSPS) is 12.1. The van der Waals surface area contributed by atoms with Crippen molar-refractivity contribution in [3.8, 4) is 0 Å². The van der Waals surface area contributed by atoms with Gasteiger partial charge in [0.1, 0.15) is 0 Å². The van der Waals surface area contributed by atoms with Gasteiger partial charge in [-0.3, -0.25) is 0 Å². The number of rotatable bonds is 8. The molecule has 0 saturated carbocycles. The fraction of sp³-hybridized carbons (Fsp3) is 0.615. The lowest BCUT2D eigenvalue weighted by Gasteiger charge is -2.23. The number of hydrogen-bond donors (Lipinski definition) is 1. The van der Waals surface area contributed by atoms with E-state index in [1.165, 1.54) is 10.5 Å². The number of nitrogens with one attached hydrogen (secondary N) is 1. The Labute approximate surface area is 121 Å². The van der Waals surface area contributed by atoms with E-state index in [0.29, 0.717) is 25.3 Å². The molecule has 0 radical (unpaired) electrons. The van der Waals surface area contributed by atoms with Gasteiger partial charge >= 0.3 is 0 Å². The van der Waals surface area contributed by atoms with E-state index in [0.717, 1.165) is 6.42 Å². The molecule has 0 spiro atoms. The molecule has 6 nitrogen and oxygen atoms in total. The molecule has 0 atom stereocenters. The van der Waals surface area contributed by atoms with Crippen LogP contribution >= 0.6 is 0 Å². The van der Waals surface area contributed by atoms with Crippen LogP contribution in [0.15, 0.2) is 23.4 Å². The van der Waals surface area contributed by atoms with Crippen LogP contribution in [0, 0.1) is 0 Å². The van der Waals surface area contributed by atoms with Crippen LogP contribution in [0.5, 0.6) is 0 Å². The molecule has 20 heavy (non-hydrogen) atoms. The van der Waals surface area contributed by atoms with Gasteiger partial charge in [0.15, 0.2) is 5.03 Å². The molecule has 1 N–H and O–H groups in total. The van der Waals surface area contributed by atoms with Crippen molar-refractivity contribution in [2.45, 2.75) is 18.4 Å². The Morgan fingerprint density at radius 3 is 2.50 bits per heavy atom. The maximum Gasteiger partial charge on any atom is 0.262 e. The summed E-state index contributed by atoms with van der Waals surface area (Å²) in [4.78, 5) is 6.01. The van der Waals surface area contributed by atoms with Crippen LogP contribution in [0.25, 0.3) is 0 Å². The van der Waals surface area contributed by atoms with Gasteiger partial charge in [0.2, 0.25) is 0 Å². The third-order valence-corrected chi connectivity index (χ3v) is 4.75. The van der Waals surface area contributed by atoms with Crippen molar-refractivity contribution in [3.05, 3.63) is 18.3 Å². The molecule has 114 valence electrons. The molecule has 0 aromatic carbocycles. The summed E-state index contributed by atoms with van der Waals surface area (Å²) in [6.45, 7) is 3.61. The standard InChI is InChI=1S/C13H24N4O2S/c1-5-9-17(11-10-16(3)4)20(18,19)13-12(14-2)7-6-8-15-13/h6-8,14H,5,9-11H2,1-4H3. The molecule has 7 heteroatoms. The van der Waals surface area contributed by atoms with Crippen molar-refractivity contribution < 1.29 is 8.42 Å². The number of hydrogen-bond acceptors (Lipinski definition) is 5. The summed E-state index contributed by atoms with van der Waals surface area (Å²) in [5.41, 5.74) is 0.526. The second-order valence-electron chi connectivity index (χ2n) is 4.81. The molecule has 1 aromatic rings.